The van der Waals surface area contributed by atoms with Gasteiger partial charge in [0, 0.05) is 25.3 Å². The van der Waals surface area contributed by atoms with E-state index in [-0.39, 0.29) is 0 Å². The van der Waals surface area contributed by atoms with Gasteiger partial charge in [-0.15, -0.1) is 10.2 Å². The highest BCUT2D eigenvalue weighted by Gasteiger charge is 2.23. The van der Waals surface area contributed by atoms with E-state index in [1.54, 1.807) is 0 Å². The number of likely N-dealkylation sites (N-methyl/N-ethyl adjacent to an activating group) is 1. The maximum absolute atomic E-state index is 4.30. The summed E-state index contributed by atoms with van der Waals surface area (Å²) in [7, 11) is 0. The molecule has 5 heteroatoms. The second-order valence-corrected chi connectivity index (χ2v) is 6.71. The van der Waals surface area contributed by atoms with Crippen molar-refractivity contribution in [2.75, 3.05) is 31.1 Å². The monoisotopic (exact) mass is 311 g/mol. The fourth-order valence-electron chi connectivity index (χ4n) is 3.87. The predicted octanol–water partition coefficient (Wildman–Crippen LogP) is 2.42. The van der Waals surface area contributed by atoms with Crippen molar-refractivity contribution in [2.45, 2.75) is 39.3 Å². The van der Waals surface area contributed by atoms with Gasteiger partial charge in [0.1, 0.15) is 5.82 Å². The van der Waals surface area contributed by atoms with Gasteiger partial charge in [-0.3, -0.25) is 0 Å². The first kappa shape index (κ1) is 14.7. The van der Waals surface area contributed by atoms with Gasteiger partial charge < -0.3 is 14.4 Å². The van der Waals surface area contributed by atoms with Crippen LogP contribution >= 0.6 is 0 Å². The van der Waals surface area contributed by atoms with Gasteiger partial charge in [0.05, 0.1) is 6.54 Å². The number of fused-ring (bicyclic) bond motifs is 1. The molecule has 1 saturated heterocycles. The van der Waals surface area contributed by atoms with Crippen LogP contribution in [0.25, 0.3) is 0 Å². The highest BCUT2D eigenvalue weighted by molar-refractivity contribution is 5.48. The lowest BCUT2D eigenvalue weighted by molar-refractivity contribution is 0.354. The second-order valence-electron chi connectivity index (χ2n) is 6.71. The van der Waals surface area contributed by atoms with Crippen molar-refractivity contribution in [3.63, 3.8) is 0 Å². The van der Waals surface area contributed by atoms with E-state index in [9.17, 15) is 0 Å². The third-order valence-electron chi connectivity index (χ3n) is 5.39. The van der Waals surface area contributed by atoms with Crippen LogP contribution in [0.3, 0.4) is 0 Å². The van der Waals surface area contributed by atoms with Crippen LogP contribution in [0.5, 0.6) is 0 Å². The zero-order chi connectivity index (χ0) is 15.8. The van der Waals surface area contributed by atoms with Crippen LogP contribution in [0.4, 0.5) is 5.69 Å². The second kappa shape index (κ2) is 5.96. The van der Waals surface area contributed by atoms with Crippen LogP contribution in [0.15, 0.2) is 24.3 Å². The number of nitrogens with zero attached hydrogens (tertiary/aromatic N) is 5. The van der Waals surface area contributed by atoms with Crippen molar-refractivity contribution in [1.29, 1.82) is 0 Å². The number of anilines is 1. The molecule has 1 aromatic heterocycles. The summed E-state index contributed by atoms with van der Waals surface area (Å²) in [4.78, 5) is 4.94. The Balaban J connectivity index is 1.47. The van der Waals surface area contributed by atoms with Gasteiger partial charge in [-0.05, 0) is 50.0 Å². The van der Waals surface area contributed by atoms with Crippen LogP contribution in [0.1, 0.15) is 36.5 Å². The minimum absolute atomic E-state index is 0.705. The molecule has 0 aliphatic carbocycles. The molecule has 23 heavy (non-hydrogen) atoms. The van der Waals surface area contributed by atoms with E-state index in [1.165, 1.54) is 37.3 Å². The standard InChI is InChI=1S/C18H25N5/c1-3-21-9-8-16(12-21)15-4-6-17(7-5-15)22-10-11-23-14(2)19-20-18(23)13-22/h4-7,16H,3,8-13H2,1-2H3. The molecular formula is C18H25N5. The molecule has 0 bridgehead atoms. The quantitative estimate of drug-likeness (QED) is 0.872. The molecule has 3 heterocycles. The lowest BCUT2D eigenvalue weighted by atomic mass is 9.98. The average Bonchev–Trinajstić information content (AvgIpc) is 3.22. The van der Waals surface area contributed by atoms with Gasteiger partial charge in [0.2, 0.25) is 0 Å². The van der Waals surface area contributed by atoms with E-state index in [1.807, 2.05) is 6.92 Å². The molecular weight excluding hydrogens is 286 g/mol. The van der Waals surface area contributed by atoms with Crippen LogP contribution in [-0.4, -0.2) is 45.8 Å². The highest BCUT2D eigenvalue weighted by Crippen LogP contribution is 2.29. The maximum Gasteiger partial charge on any atom is 0.152 e. The molecule has 0 spiro atoms. The van der Waals surface area contributed by atoms with E-state index in [2.05, 4.69) is 55.8 Å². The fourth-order valence-corrected chi connectivity index (χ4v) is 3.87. The first-order chi connectivity index (χ1) is 11.2. The number of hydrogen-bond acceptors (Lipinski definition) is 4. The molecule has 1 fully saturated rings. The van der Waals surface area contributed by atoms with E-state index >= 15 is 0 Å². The first-order valence-electron chi connectivity index (χ1n) is 8.70. The van der Waals surface area contributed by atoms with Gasteiger partial charge in [-0.2, -0.15) is 0 Å². The lowest BCUT2D eigenvalue weighted by Crippen LogP contribution is -2.34. The summed E-state index contributed by atoms with van der Waals surface area (Å²) < 4.78 is 2.22. The number of aryl methyl sites for hydroxylation is 1. The molecule has 2 aliphatic heterocycles. The molecule has 1 aromatic carbocycles. The topological polar surface area (TPSA) is 37.2 Å². The normalized spacial score (nSPS) is 21.7. The summed E-state index contributed by atoms with van der Waals surface area (Å²) in [6, 6.07) is 9.21. The van der Waals surface area contributed by atoms with Crippen molar-refractivity contribution in [1.82, 2.24) is 19.7 Å². The summed E-state index contributed by atoms with van der Waals surface area (Å²) >= 11 is 0. The minimum Gasteiger partial charge on any atom is -0.362 e. The Bertz CT molecular complexity index is 675. The van der Waals surface area contributed by atoms with E-state index in [0.717, 1.165) is 31.3 Å². The van der Waals surface area contributed by atoms with Crippen molar-refractivity contribution in [3.8, 4) is 0 Å². The van der Waals surface area contributed by atoms with Crippen LogP contribution in [0, 0.1) is 6.92 Å². The van der Waals surface area contributed by atoms with Crippen molar-refractivity contribution in [2.24, 2.45) is 0 Å². The molecule has 0 amide bonds. The molecule has 4 rings (SSSR count). The smallest absolute Gasteiger partial charge is 0.152 e. The number of aromatic nitrogens is 3. The summed E-state index contributed by atoms with van der Waals surface area (Å²) in [5.74, 6) is 2.81. The van der Waals surface area contributed by atoms with E-state index in [0.29, 0.717) is 5.92 Å². The Morgan fingerprint density at radius 2 is 1.91 bits per heavy atom. The van der Waals surface area contributed by atoms with Gasteiger partial charge >= 0.3 is 0 Å². The number of rotatable bonds is 3. The molecule has 1 atom stereocenters. The average molecular weight is 311 g/mol. The Hall–Kier alpha value is -1.88. The first-order valence-corrected chi connectivity index (χ1v) is 8.70. The lowest BCUT2D eigenvalue weighted by Gasteiger charge is -2.29. The largest absolute Gasteiger partial charge is 0.362 e. The summed E-state index contributed by atoms with van der Waals surface area (Å²) in [6.07, 6.45) is 1.29. The Morgan fingerprint density at radius 3 is 2.65 bits per heavy atom. The number of likely N-dealkylation sites (tertiary alicyclic amines) is 1. The molecule has 5 nitrogen and oxygen atoms in total. The molecule has 0 saturated carbocycles. The zero-order valence-electron chi connectivity index (χ0n) is 14.1. The fraction of sp³-hybridized carbons (Fsp3) is 0.556. The van der Waals surface area contributed by atoms with Crippen LogP contribution < -0.4 is 4.90 Å². The third-order valence-corrected chi connectivity index (χ3v) is 5.39. The van der Waals surface area contributed by atoms with Gasteiger partial charge in [-0.25, -0.2) is 0 Å². The predicted molar refractivity (Wildman–Crippen MR) is 91.7 cm³/mol. The number of benzene rings is 1. The van der Waals surface area contributed by atoms with Crippen molar-refractivity contribution >= 4 is 5.69 Å². The van der Waals surface area contributed by atoms with Crippen molar-refractivity contribution in [3.05, 3.63) is 41.5 Å². The maximum atomic E-state index is 4.30. The molecule has 2 aliphatic rings. The van der Waals surface area contributed by atoms with Crippen LogP contribution in [-0.2, 0) is 13.1 Å². The molecule has 0 N–H and O–H groups in total. The van der Waals surface area contributed by atoms with Crippen molar-refractivity contribution < 1.29 is 0 Å². The van der Waals surface area contributed by atoms with E-state index in [4.69, 9.17) is 0 Å². The van der Waals surface area contributed by atoms with Gasteiger partial charge in [0.15, 0.2) is 5.82 Å². The Labute approximate surface area is 137 Å². The summed E-state index contributed by atoms with van der Waals surface area (Å²) in [5.41, 5.74) is 2.78. The van der Waals surface area contributed by atoms with Gasteiger partial charge in [-0.1, -0.05) is 19.1 Å². The molecule has 0 radical (unpaired) electrons. The zero-order valence-corrected chi connectivity index (χ0v) is 14.1. The molecule has 1 unspecified atom stereocenters. The van der Waals surface area contributed by atoms with Crippen LogP contribution in [0.2, 0.25) is 0 Å². The summed E-state index contributed by atoms with van der Waals surface area (Å²) in [6.45, 7) is 10.8. The Morgan fingerprint density at radius 1 is 1.09 bits per heavy atom. The molecule has 2 aromatic rings. The summed E-state index contributed by atoms with van der Waals surface area (Å²) in [5, 5.41) is 8.49. The highest BCUT2D eigenvalue weighted by atomic mass is 15.3. The van der Waals surface area contributed by atoms with E-state index < -0.39 is 0 Å². The minimum atomic E-state index is 0.705. The third kappa shape index (κ3) is 2.74. The van der Waals surface area contributed by atoms with Gasteiger partial charge in [0.25, 0.3) is 0 Å². The number of hydrogen-bond donors (Lipinski definition) is 0. The molecule has 122 valence electrons. The Kier molecular flexibility index (Phi) is 3.81. The SMILES string of the molecule is CCN1CCC(c2ccc(N3CCn4c(C)nnc4C3)cc2)C1.